The highest BCUT2D eigenvalue weighted by molar-refractivity contribution is 5.38. The number of aliphatic hydroxyl groups is 3. The first kappa shape index (κ1) is 24.5. The number of hydrogen-bond donors (Lipinski definition) is 3. The quantitative estimate of drug-likeness (QED) is 0.464. The first-order chi connectivity index (χ1) is 14.6. The van der Waals surface area contributed by atoms with Crippen LogP contribution in [0.4, 0.5) is 0 Å². The Balaban J connectivity index is 1.73. The molecule has 0 aromatic heterocycles. The van der Waals surface area contributed by atoms with E-state index in [-0.39, 0.29) is 0 Å². The van der Waals surface area contributed by atoms with Gasteiger partial charge in [0.05, 0.1) is 17.8 Å². The van der Waals surface area contributed by atoms with E-state index in [1.807, 2.05) is 13.8 Å². The van der Waals surface area contributed by atoms with Gasteiger partial charge in [-0.1, -0.05) is 57.2 Å². The summed E-state index contributed by atoms with van der Waals surface area (Å²) in [6, 6.07) is 0. The lowest BCUT2D eigenvalue weighted by Gasteiger charge is -2.44. The topological polar surface area (TPSA) is 60.7 Å². The van der Waals surface area contributed by atoms with Crippen LogP contribution in [-0.4, -0.2) is 33.1 Å². The number of fused-ring (bicyclic) bond motifs is 1. The molecule has 0 spiro atoms. The molecule has 3 N–H and O–H groups in total. The number of hydrogen-bond acceptors (Lipinski definition) is 3. The molecular weight excluding hydrogens is 384 g/mol. The lowest BCUT2D eigenvalue weighted by molar-refractivity contribution is 0.0588. The summed E-state index contributed by atoms with van der Waals surface area (Å²) < 4.78 is 0. The maximum Gasteiger partial charge on any atom is 0.0811 e. The zero-order chi connectivity index (χ0) is 22.8. The highest BCUT2D eigenvalue weighted by atomic mass is 16.3. The molecule has 3 nitrogen and oxygen atoms in total. The Bertz CT molecular complexity index is 743. The molecule has 0 unspecified atom stereocenters. The summed E-state index contributed by atoms with van der Waals surface area (Å²) in [7, 11) is 0. The molecule has 3 aliphatic carbocycles. The monoisotopic (exact) mass is 428 g/mol. The third-order valence-corrected chi connectivity index (χ3v) is 8.70. The van der Waals surface area contributed by atoms with Crippen LogP contribution in [0.2, 0.25) is 0 Å². The minimum Gasteiger partial charge on any atom is -0.393 e. The summed E-state index contributed by atoms with van der Waals surface area (Å²) in [4.78, 5) is 0. The molecular formula is C28H44O3. The first-order valence-corrected chi connectivity index (χ1v) is 12.4. The normalized spacial score (nSPS) is 39.8. The number of rotatable bonds is 6. The van der Waals surface area contributed by atoms with Crippen molar-refractivity contribution in [3.8, 4) is 0 Å². The van der Waals surface area contributed by atoms with E-state index in [2.05, 4.69) is 44.7 Å². The van der Waals surface area contributed by atoms with Crippen LogP contribution in [0, 0.1) is 23.2 Å². The Morgan fingerprint density at radius 3 is 2.71 bits per heavy atom. The summed E-state index contributed by atoms with van der Waals surface area (Å²) >= 11 is 0. The number of allylic oxidation sites excluding steroid dienone is 4. The van der Waals surface area contributed by atoms with Crippen LogP contribution in [0.25, 0.3) is 0 Å². The molecule has 3 fully saturated rings. The predicted octanol–water partition coefficient (Wildman–Crippen LogP) is 5.87. The Labute approximate surface area is 189 Å². The van der Waals surface area contributed by atoms with Crippen LogP contribution in [-0.2, 0) is 0 Å². The van der Waals surface area contributed by atoms with Crippen molar-refractivity contribution in [1.82, 2.24) is 0 Å². The molecule has 7 atom stereocenters. The van der Waals surface area contributed by atoms with E-state index in [1.165, 1.54) is 31.3 Å². The third-order valence-electron chi connectivity index (χ3n) is 8.70. The molecule has 0 aliphatic heterocycles. The van der Waals surface area contributed by atoms with E-state index < -0.39 is 17.8 Å². The summed E-state index contributed by atoms with van der Waals surface area (Å²) in [6.07, 6.45) is 16.5. The molecule has 3 rings (SSSR count). The van der Waals surface area contributed by atoms with Crippen LogP contribution < -0.4 is 0 Å². The van der Waals surface area contributed by atoms with Gasteiger partial charge in [-0.3, -0.25) is 0 Å². The smallest absolute Gasteiger partial charge is 0.0811 e. The van der Waals surface area contributed by atoms with Gasteiger partial charge in [0, 0.05) is 6.42 Å². The molecule has 0 aromatic carbocycles. The minimum atomic E-state index is -0.623. The largest absolute Gasteiger partial charge is 0.393 e. The second kappa shape index (κ2) is 9.77. The standard InChI is InChI=1S/C28H44O3/c1-6-27(4,31)15-7-9-19(2)24-13-14-25-21(10-8-16-28(24,25)5)11-12-22-17-23(29)18-26(30)20(22)3/h7,9,11-12,19,23-26,29-31H,3,6,8,10,13-18H2,1-2,4-5H3/b9-7+,21-11+,22-12-/t19-,23-,24-,25+,26+,27+,28-/m1/s1. The highest BCUT2D eigenvalue weighted by Crippen LogP contribution is 2.59. The molecule has 0 saturated heterocycles. The minimum absolute atomic E-state index is 0.322. The predicted molar refractivity (Wildman–Crippen MR) is 129 cm³/mol. The van der Waals surface area contributed by atoms with Crippen molar-refractivity contribution in [1.29, 1.82) is 0 Å². The highest BCUT2D eigenvalue weighted by Gasteiger charge is 2.50. The van der Waals surface area contributed by atoms with Crippen LogP contribution in [0.3, 0.4) is 0 Å². The first-order valence-electron chi connectivity index (χ1n) is 12.4. The van der Waals surface area contributed by atoms with E-state index in [0.717, 1.165) is 30.4 Å². The average Bonchev–Trinajstić information content (AvgIpc) is 3.07. The van der Waals surface area contributed by atoms with E-state index in [0.29, 0.717) is 36.0 Å². The SMILES string of the molecule is C=C1/C(=C\C=C2/CCC[C@]3(C)[C@@H]([C@H](C)/C=C/C[C@@](C)(O)CC)CC[C@@H]23)C[C@@H](O)C[C@@H]1O. The second-order valence-electron chi connectivity index (χ2n) is 11.0. The summed E-state index contributed by atoms with van der Waals surface area (Å²) in [5, 5.41) is 30.5. The summed E-state index contributed by atoms with van der Waals surface area (Å²) in [6.45, 7) is 12.9. The third kappa shape index (κ3) is 5.43. The van der Waals surface area contributed by atoms with Gasteiger partial charge in [-0.25, -0.2) is 0 Å². The van der Waals surface area contributed by atoms with Crippen molar-refractivity contribution in [2.24, 2.45) is 23.2 Å². The van der Waals surface area contributed by atoms with Crippen molar-refractivity contribution in [2.75, 3.05) is 0 Å². The van der Waals surface area contributed by atoms with Crippen LogP contribution in [0.5, 0.6) is 0 Å². The Morgan fingerprint density at radius 2 is 2.00 bits per heavy atom. The fraction of sp³-hybridized carbons (Fsp3) is 0.714. The van der Waals surface area contributed by atoms with Gasteiger partial charge in [0.15, 0.2) is 0 Å². The van der Waals surface area contributed by atoms with E-state index in [4.69, 9.17) is 0 Å². The molecule has 174 valence electrons. The molecule has 0 aromatic rings. The Morgan fingerprint density at radius 1 is 1.26 bits per heavy atom. The van der Waals surface area contributed by atoms with Gasteiger partial charge >= 0.3 is 0 Å². The van der Waals surface area contributed by atoms with E-state index in [1.54, 1.807) is 0 Å². The average molecular weight is 429 g/mol. The maximum atomic E-state index is 10.3. The second-order valence-corrected chi connectivity index (χ2v) is 11.0. The molecule has 31 heavy (non-hydrogen) atoms. The van der Waals surface area contributed by atoms with Crippen LogP contribution in [0.1, 0.15) is 85.5 Å². The number of aliphatic hydroxyl groups excluding tert-OH is 2. The molecule has 3 saturated carbocycles. The Kier molecular flexibility index (Phi) is 7.71. The van der Waals surface area contributed by atoms with Gasteiger partial charge in [0.1, 0.15) is 0 Å². The molecule has 3 aliphatic rings. The fourth-order valence-electron chi connectivity index (χ4n) is 6.42. The van der Waals surface area contributed by atoms with Crippen molar-refractivity contribution >= 4 is 0 Å². The zero-order valence-corrected chi connectivity index (χ0v) is 20.1. The summed E-state index contributed by atoms with van der Waals surface area (Å²) in [5.41, 5.74) is 3.03. The van der Waals surface area contributed by atoms with E-state index >= 15 is 0 Å². The zero-order valence-electron chi connectivity index (χ0n) is 20.1. The molecule has 0 heterocycles. The van der Waals surface area contributed by atoms with Gasteiger partial charge in [0.2, 0.25) is 0 Å². The Hall–Kier alpha value is -1.16. The van der Waals surface area contributed by atoms with Crippen molar-refractivity contribution in [2.45, 2.75) is 103 Å². The van der Waals surface area contributed by atoms with Crippen molar-refractivity contribution in [3.63, 3.8) is 0 Å². The lowest BCUT2D eigenvalue weighted by Crippen LogP contribution is -2.35. The molecule has 0 radical (unpaired) electrons. The molecule has 0 amide bonds. The van der Waals surface area contributed by atoms with Crippen molar-refractivity contribution < 1.29 is 15.3 Å². The van der Waals surface area contributed by atoms with Crippen LogP contribution in [0.15, 0.2) is 47.6 Å². The van der Waals surface area contributed by atoms with Gasteiger partial charge in [-0.05, 0) is 92.6 Å². The summed E-state index contributed by atoms with van der Waals surface area (Å²) in [5.74, 6) is 1.80. The van der Waals surface area contributed by atoms with E-state index in [9.17, 15) is 15.3 Å². The van der Waals surface area contributed by atoms with Crippen LogP contribution >= 0.6 is 0 Å². The lowest BCUT2D eigenvalue weighted by atomic mass is 9.61. The van der Waals surface area contributed by atoms with Gasteiger partial charge in [-0.2, -0.15) is 0 Å². The van der Waals surface area contributed by atoms with Gasteiger partial charge < -0.3 is 15.3 Å². The maximum absolute atomic E-state index is 10.3. The fourth-order valence-corrected chi connectivity index (χ4v) is 6.42. The van der Waals surface area contributed by atoms with Crippen molar-refractivity contribution in [3.05, 3.63) is 47.6 Å². The molecule has 3 heteroatoms. The molecule has 0 bridgehead atoms. The van der Waals surface area contributed by atoms with Gasteiger partial charge in [-0.15, -0.1) is 0 Å². The van der Waals surface area contributed by atoms with Gasteiger partial charge in [0.25, 0.3) is 0 Å².